The summed E-state index contributed by atoms with van der Waals surface area (Å²) in [6, 6.07) is 7.75. The number of aromatic nitrogens is 3. The Hall–Kier alpha value is -3.33. The first kappa shape index (κ1) is 21.9. The highest BCUT2D eigenvalue weighted by Gasteiger charge is 2.21. The SMILES string of the molecule is Cn1cc(-c2nc(NCCc3cccc(F)c3)c(C(=O)NC[C@H]3CCCN3)cc2F)cn1. The molecule has 0 radical (unpaired) electrons. The van der Waals surface area contributed by atoms with E-state index in [1.54, 1.807) is 24.0 Å². The van der Waals surface area contributed by atoms with Crippen molar-refractivity contribution in [3.8, 4) is 11.3 Å². The van der Waals surface area contributed by atoms with E-state index in [0.717, 1.165) is 24.9 Å². The molecule has 0 saturated carbocycles. The Labute approximate surface area is 185 Å². The maximum atomic E-state index is 14.9. The first-order valence-electron chi connectivity index (χ1n) is 10.7. The van der Waals surface area contributed by atoms with E-state index < -0.39 is 11.7 Å². The van der Waals surface area contributed by atoms with Crippen LogP contribution in [0.4, 0.5) is 14.6 Å². The van der Waals surface area contributed by atoms with Crippen molar-refractivity contribution >= 4 is 11.7 Å². The summed E-state index contributed by atoms with van der Waals surface area (Å²) in [4.78, 5) is 17.3. The molecule has 1 saturated heterocycles. The highest BCUT2D eigenvalue weighted by atomic mass is 19.1. The molecule has 3 N–H and O–H groups in total. The van der Waals surface area contributed by atoms with Gasteiger partial charge in [-0.3, -0.25) is 9.48 Å². The monoisotopic (exact) mass is 440 g/mol. The largest absolute Gasteiger partial charge is 0.369 e. The van der Waals surface area contributed by atoms with Crippen molar-refractivity contribution in [1.29, 1.82) is 0 Å². The fourth-order valence-corrected chi connectivity index (χ4v) is 3.80. The van der Waals surface area contributed by atoms with E-state index in [0.29, 0.717) is 25.1 Å². The summed E-state index contributed by atoms with van der Waals surface area (Å²) in [7, 11) is 1.73. The minimum atomic E-state index is -0.599. The predicted octanol–water partition coefficient (Wildman–Crippen LogP) is 2.90. The van der Waals surface area contributed by atoms with Gasteiger partial charge >= 0.3 is 0 Å². The fourth-order valence-electron chi connectivity index (χ4n) is 3.80. The summed E-state index contributed by atoms with van der Waals surface area (Å²) >= 11 is 0. The van der Waals surface area contributed by atoms with E-state index in [2.05, 4.69) is 26.0 Å². The number of aryl methyl sites for hydroxylation is 1. The van der Waals surface area contributed by atoms with Crippen LogP contribution < -0.4 is 16.0 Å². The number of amides is 1. The number of pyridine rings is 1. The van der Waals surface area contributed by atoms with Crippen LogP contribution in [0.5, 0.6) is 0 Å². The molecule has 1 aliphatic rings. The quantitative estimate of drug-likeness (QED) is 0.502. The van der Waals surface area contributed by atoms with Gasteiger partial charge in [-0.2, -0.15) is 5.10 Å². The van der Waals surface area contributed by atoms with Gasteiger partial charge < -0.3 is 16.0 Å². The van der Waals surface area contributed by atoms with E-state index in [1.807, 2.05) is 6.07 Å². The van der Waals surface area contributed by atoms with Crippen LogP contribution in [-0.2, 0) is 13.5 Å². The number of rotatable bonds is 8. The molecule has 168 valence electrons. The molecular weight excluding hydrogens is 414 g/mol. The molecule has 3 aromatic rings. The lowest BCUT2D eigenvalue weighted by molar-refractivity contribution is 0.0950. The van der Waals surface area contributed by atoms with Crippen LogP contribution >= 0.6 is 0 Å². The van der Waals surface area contributed by atoms with Gasteiger partial charge in [0.05, 0.1) is 11.8 Å². The predicted molar refractivity (Wildman–Crippen MR) is 118 cm³/mol. The molecule has 0 aliphatic carbocycles. The van der Waals surface area contributed by atoms with Gasteiger partial charge in [-0.05, 0) is 49.6 Å². The number of carbonyl (C=O) groups is 1. The number of anilines is 1. The first-order chi connectivity index (χ1) is 15.5. The molecule has 1 amide bonds. The molecular formula is C23H26F2N6O. The molecule has 1 fully saturated rings. The summed E-state index contributed by atoms with van der Waals surface area (Å²) in [5.41, 5.74) is 1.57. The number of nitrogens with zero attached hydrogens (tertiary/aromatic N) is 3. The van der Waals surface area contributed by atoms with Crippen molar-refractivity contribution in [2.24, 2.45) is 7.05 Å². The molecule has 0 unspecified atom stereocenters. The zero-order valence-corrected chi connectivity index (χ0v) is 17.9. The first-order valence-corrected chi connectivity index (χ1v) is 10.7. The number of halogens is 2. The molecule has 3 heterocycles. The summed E-state index contributed by atoms with van der Waals surface area (Å²) in [5.74, 6) is -1.02. The van der Waals surface area contributed by atoms with Crippen molar-refractivity contribution in [2.75, 3.05) is 25.0 Å². The van der Waals surface area contributed by atoms with E-state index >= 15 is 0 Å². The molecule has 1 aliphatic heterocycles. The second kappa shape index (κ2) is 9.86. The smallest absolute Gasteiger partial charge is 0.255 e. The Balaban J connectivity index is 1.55. The molecule has 7 nitrogen and oxygen atoms in total. The molecule has 1 atom stereocenters. The van der Waals surface area contributed by atoms with E-state index in [-0.39, 0.29) is 28.9 Å². The Bertz CT molecular complexity index is 1090. The maximum absolute atomic E-state index is 14.9. The average Bonchev–Trinajstić information content (AvgIpc) is 3.44. The van der Waals surface area contributed by atoms with Crippen molar-refractivity contribution in [3.05, 3.63) is 65.5 Å². The van der Waals surface area contributed by atoms with E-state index in [4.69, 9.17) is 0 Å². The number of benzene rings is 1. The molecule has 2 aromatic heterocycles. The standard InChI is InChI=1S/C23H26F2N6O/c1-31-14-16(12-29-31)21-20(25)11-19(23(32)28-13-18-6-3-8-26-18)22(30-21)27-9-7-15-4-2-5-17(24)10-15/h2,4-5,10-12,14,18,26H,3,6-9,13H2,1H3,(H,27,30)(H,28,32)/t18-/m1/s1. The zero-order chi connectivity index (χ0) is 22.5. The minimum absolute atomic E-state index is 0.111. The average molecular weight is 440 g/mol. The van der Waals surface area contributed by atoms with E-state index in [9.17, 15) is 13.6 Å². The van der Waals surface area contributed by atoms with Gasteiger partial charge in [0.2, 0.25) is 0 Å². The molecule has 0 spiro atoms. The van der Waals surface area contributed by atoms with Crippen LogP contribution in [0.3, 0.4) is 0 Å². The Kier molecular flexibility index (Phi) is 6.75. The highest BCUT2D eigenvalue weighted by Crippen LogP contribution is 2.25. The third-order valence-electron chi connectivity index (χ3n) is 5.47. The lowest BCUT2D eigenvalue weighted by atomic mass is 10.1. The molecule has 4 rings (SSSR count). The highest BCUT2D eigenvalue weighted by molar-refractivity contribution is 5.99. The topological polar surface area (TPSA) is 83.9 Å². The lowest BCUT2D eigenvalue weighted by Gasteiger charge is -2.15. The van der Waals surface area contributed by atoms with E-state index in [1.165, 1.54) is 24.4 Å². The van der Waals surface area contributed by atoms with Crippen LogP contribution in [-0.4, -0.2) is 46.3 Å². The number of nitrogens with one attached hydrogen (secondary N) is 3. The van der Waals surface area contributed by atoms with Crippen molar-refractivity contribution < 1.29 is 13.6 Å². The second-order valence-corrected chi connectivity index (χ2v) is 7.93. The van der Waals surface area contributed by atoms with Crippen LogP contribution in [0.25, 0.3) is 11.3 Å². The van der Waals surface area contributed by atoms with Gasteiger partial charge in [-0.1, -0.05) is 12.1 Å². The normalized spacial score (nSPS) is 15.7. The van der Waals surface area contributed by atoms with Gasteiger partial charge in [0.1, 0.15) is 17.3 Å². The summed E-state index contributed by atoms with van der Waals surface area (Å²) in [6.45, 7) is 1.80. The Morgan fingerprint density at radius 3 is 2.91 bits per heavy atom. The van der Waals surface area contributed by atoms with Crippen LogP contribution in [0.15, 0.2) is 42.7 Å². The molecule has 1 aromatic carbocycles. The lowest BCUT2D eigenvalue weighted by Crippen LogP contribution is -2.37. The zero-order valence-electron chi connectivity index (χ0n) is 17.9. The summed E-state index contributed by atoms with van der Waals surface area (Å²) < 4.78 is 29.9. The maximum Gasteiger partial charge on any atom is 0.255 e. The molecule has 32 heavy (non-hydrogen) atoms. The minimum Gasteiger partial charge on any atom is -0.369 e. The van der Waals surface area contributed by atoms with Gasteiger partial charge in [-0.15, -0.1) is 0 Å². The molecule has 0 bridgehead atoms. The van der Waals surface area contributed by atoms with Crippen molar-refractivity contribution in [1.82, 2.24) is 25.4 Å². The fraction of sp³-hybridized carbons (Fsp3) is 0.348. The summed E-state index contributed by atoms with van der Waals surface area (Å²) in [5, 5.41) is 13.4. The van der Waals surface area contributed by atoms with Crippen molar-refractivity contribution in [3.63, 3.8) is 0 Å². The van der Waals surface area contributed by atoms with Crippen LogP contribution in [0, 0.1) is 11.6 Å². The van der Waals surface area contributed by atoms with Crippen LogP contribution in [0.2, 0.25) is 0 Å². The van der Waals surface area contributed by atoms with Crippen molar-refractivity contribution in [2.45, 2.75) is 25.3 Å². The second-order valence-electron chi connectivity index (χ2n) is 7.93. The third kappa shape index (κ3) is 5.28. The number of hydrogen-bond donors (Lipinski definition) is 3. The van der Waals surface area contributed by atoms with Gasteiger partial charge in [0, 0.05) is 37.9 Å². The van der Waals surface area contributed by atoms with Gasteiger partial charge in [-0.25, -0.2) is 13.8 Å². The summed E-state index contributed by atoms with van der Waals surface area (Å²) in [6.07, 6.45) is 5.77. The molecule has 9 heteroatoms. The Morgan fingerprint density at radius 1 is 1.31 bits per heavy atom. The number of carbonyl (C=O) groups excluding carboxylic acids is 1. The Morgan fingerprint density at radius 2 is 2.19 bits per heavy atom. The van der Waals surface area contributed by atoms with Crippen LogP contribution in [0.1, 0.15) is 28.8 Å². The van der Waals surface area contributed by atoms with Gasteiger partial charge in [0.15, 0.2) is 5.82 Å². The number of hydrogen-bond acceptors (Lipinski definition) is 5. The third-order valence-corrected chi connectivity index (χ3v) is 5.47. The van der Waals surface area contributed by atoms with Gasteiger partial charge in [0.25, 0.3) is 5.91 Å².